The largest absolute Gasteiger partial charge is 0.388 e. The number of aliphatic hydroxyl groups excluding tert-OH is 3. The predicted octanol–water partition coefficient (Wildman–Crippen LogP) is 1.64. The van der Waals surface area contributed by atoms with Gasteiger partial charge in [-0.2, -0.15) is 0 Å². The van der Waals surface area contributed by atoms with Crippen molar-refractivity contribution in [2.24, 2.45) is 0 Å². The van der Waals surface area contributed by atoms with Crippen LogP contribution in [0.5, 0.6) is 0 Å². The van der Waals surface area contributed by atoms with Gasteiger partial charge in [-0.05, 0) is 26.0 Å². The fourth-order valence-electron chi connectivity index (χ4n) is 2.88. The van der Waals surface area contributed by atoms with E-state index in [1.165, 1.54) is 0 Å². The van der Waals surface area contributed by atoms with Crippen LogP contribution in [0.2, 0.25) is 10.0 Å². The van der Waals surface area contributed by atoms with Gasteiger partial charge in [-0.15, -0.1) is 0 Å². The molecule has 4 N–H and O–H groups in total. The monoisotopic (exact) mass is 389 g/mol. The Kier molecular flexibility index (Phi) is 5.43. The second-order valence-corrected chi connectivity index (χ2v) is 7.33. The van der Waals surface area contributed by atoms with Gasteiger partial charge in [0.2, 0.25) is 5.95 Å². The molecule has 25 heavy (non-hydrogen) atoms. The number of imidazole rings is 1. The summed E-state index contributed by atoms with van der Waals surface area (Å²) in [5.74, 6) is 0.583. The van der Waals surface area contributed by atoms with Crippen molar-refractivity contribution in [1.29, 1.82) is 0 Å². The molecular formula is C16H21Cl2N3O4. The molecule has 0 saturated carbocycles. The first-order chi connectivity index (χ1) is 11.8. The smallest absolute Gasteiger partial charge is 0.204 e. The SMILES string of the molecule is CC(C)Nc1nc2cc(Cl)c(Cl)cc2n1C[C@H]1OC[C@H](O)[C@@H](O)[C@@H]1O. The third-order valence-corrected chi connectivity index (χ3v) is 4.90. The molecule has 9 heteroatoms. The van der Waals surface area contributed by atoms with Crippen molar-refractivity contribution in [2.45, 2.75) is 50.8 Å². The lowest BCUT2D eigenvalue weighted by Crippen LogP contribution is -2.54. The summed E-state index contributed by atoms with van der Waals surface area (Å²) < 4.78 is 7.34. The normalized spacial score (nSPS) is 27.2. The summed E-state index contributed by atoms with van der Waals surface area (Å²) in [6, 6.07) is 3.52. The number of fused-ring (bicyclic) bond motifs is 1. The van der Waals surface area contributed by atoms with Gasteiger partial charge < -0.3 is 29.9 Å². The maximum absolute atomic E-state index is 10.2. The van der Waals surface area contributed by atoms with Gasteiger partial charge in [0.1, 0.15) is 24.4 Å². The number of nitrogens with one attached hydrogen (secondary N) is 1. The van der Waals surface area contributed by atoms with Gasteiger partial charge in [-0.25, -0.2) is 4.98 Å². The first kappa shape index (κ1) is 18.7. The Hall–Kier alpha value is -1.09. The first-order valence-corrected chi connectivity index (χ1v) is 8.81. The Bertz CT molecular complexity index is 767. The van der Waals surface area contributed by atoms with Gasteiger partial charge in [-0.3, -0.25) is 0 Å². The van der Waals surface area contributed by atoms with E-state index in [4.69, 9.17) is 27.9 Å². The average Bonchev–Trinajstić information content (AvgIpc) is 2.84. The quantitative estimate of drug-likeness (QED) is 0.634. The van der Waals surface area contributed by atoms with Gasteiger partial charge in [0, 0.05) is 6.04 Å². The van der Waals surface area contributed by atoms with Crippen molar-refractivity contribution >= 4 is 40.2 Å². The molecule has 2 heterocycles. The minimum atomic E-state index is -1.26. The molecule has 0 bridgehead atoms. The highest BCUT2D eigenvalue weighted by molar-refractivity contribution is 6.42. The summed E-state index contributed by atoms with van der Waals surface area (Å²) in [7, 11) is 0. The second kappa shape index (κ2) is 7.26. The van der Waals surface area contributed by atoms with Crippen LogP contribution < -0.4 is 5.32 Å². The molecule has 138 valence electrons. The fourth-order valence-corrected chi connectivity index (χ4v) is 3.20. The predicted molar refractivity (Wildman–Crippen MR) is 96.3 cm³/mol. The maximum atomic E-state index is 10.2. The second-order valence-electron chi connectivity index (χ2n) is 6.52. The standard InChI is InChI=1S/C16H21Cl2N3O4/c1-7(2)19-16-20-10-3-8(17)9(18)4-11(10)21(16)5-13-15(24)14(23)12(22)6-25-13/h3-4,7,12-15,22-24H,5-6H2,1-2H3,(H,19,20)/t12-,13+,14+,15+/m0/s1. The van der Waals surface area contributed by atoms with Crippen LogP contribution in [0.15, 0.2) is 12.1 Å². The summed E-state index contributed by atoms with van der Waals surface area (Å²) in [6.45, 7) is 4.15. The molecule has 1 saturated heterocycles. The van der Waals surface area contributed by atoms with Crippen LogP contribution in [-0.4, -0.2) is 61.9 Å². The van der Waals surface area contributed by atoms with Gasteiger partial charge in [-0.1, -0.05) is 23.2 Å². The van der Waals surface area contributed by atoms with E-state index in [-0.39, 0.29) is 19.2 Å². The molecule has 1 aromatic heterocycles. The lowest BCUT2D eigenvalue weighted by molar-refractivity contribution is -0.189. The van der Waals surface area contributed by atoms with E-state index in [0.717, 1.165) is 5.52 Å². The number of nitrogens with zero attached hydrogens (tertiary/aromatic N) is 2. The van der Waals surface area contributed by atoms with Crippen molar-refractivity contribution in [1.82, 2.24) is 9.55 Å². The summed E-state index contributed by atoms with van der Waals surface area (Å²) in [5, 5.41) is 33.8. The number of ether oxygens (including phenoxy) is 1. The molecule has 0 spiro atoms. The number of rotatable bonds is 4. The molecule has 0 amide bonds. The topological polar surface area (TPSA) is 99.8 Å². The van der Waals surface area contributed by atoms with E-state index in [1.807, 2.05) is 18.4 Å². The average molecular weight is 390 g/mol. The van der Waals surface area contributed by atoms with E-state index < -0.39 is 24.4 Å². The fraction of sp³-hybridized carbons (Fsp3) is 0.562. The van der Waals surface area contributed by atoms with Crippen molar-refractivity contribution in [2.75, 3.05) is 11.9 Å². The third-order valence-electron chi connectivity index (χ3n) is 4.18. The number of anilines is 1. The number of aliphatic hydroxyl groups is 3. The molecule has 7 nitrogen and oxygen atoms in total. The van der Waals surface area contributed by atoms with E-state index in [9.17, 15) is 15.3 Å². The van der Waals surface area contributed by atoms with Crippen molar-refractivity contribution in [3.8, 4) is 0 Å². The van der Waals surface area contributed by atoms with Crippen LogP contribution in [0.4, 0.5) is 5.95 Å². The Morgan fingerprint density at radius 3 is 2.60 bits per heavy atom. The minimum Gasteiger partial charge on any atom is -0.388 e. The zero-order valence-corrected chi connectivity index (χ0v) is 15.4. The van der Waals surface area contributed by atoms with Gasteiger partial charge in [0.05, 0.1) is 34.2 Å². The molecule has 1 aliphatic rings. The highest BCUT2D eigenvalue weighted by atomic mass is 35.5. The lowest BCUT2D eigenvalue weighted by Gasteiger charge is -2.35. The van der Waals surface area contributed by atoms with Crippen LogP contribution in [0, 0.1) is 0 Å². The van der Waals surface area contributed by atoms with Gasteiger partial charge in [0.25, 0.3) is 0 Å². The Balaban J connectivity index is 1.99. The molecule has 1 aliphatic heterocycles. The first-order valence-electron chi connectivity index (χ1n) is 8.05. The summed E-state index contributed by atoms with van der Waals surface area (Å²) >= 11 is 12.2. The molecule has 3 rings (SSSR count). The van der Waals surface area contributed by atoms with Crippen LogP contribution in [0.25, 0.3) is 11.0 Å². The molecule has 1 aromatic carbocycles. The molecule has 2 aromatic rings. The molecule has 0 radical (unpaired) electrons. The number of hydrogen-bond donors (Lipinski definition) is 4. The highest BCUT2D eigenvalue weighted by Crippen LogP contribution is 2.31. The molecule has 0 unspecified atom stereocenters. The third kappa shape index (κ3) is 3.72. The molecule has 1 fully saturated rings. The minimum absolute atomic E-state index is 0.0466. The summed E-state index contributed by atoms with van der Waals surface area (Å²) in [6.07, 6.45) is -4.27. The van der Waals surface area contributed by atoms with E-state index in [0.29, 0.717) is 21.5 Å². The summed E-state index contributed by atoms with van der Waals surface area (Å²) in [4.78, 5) is 4.54. The Morgan fingerprint density at radius 1 is 1.24 bits per heavy atom. The van der Waals surface area contributed by atoms with Crippen LogP contribution in [0.1, 0.15) is 13.8 Å². The zero-order valence-electron chi connectivity index (χ0n) is 13.9. The van der Waals surface area contributed by atoms with Crippen molar-refractivity contribution < 1.29 is 20.1 Å². The Morgan fingerprint density at radius 2 is 1.92 bits per heavy atom. The molecule has 0 aliphatic carbocycles. The van der Waals surface area contributed by atoms with Gasteiger partial charge >= 0.3 is 0 Å². The lowest BCUT2D eigenvalue weighted by atomic mass is 10.00. The van der Waals surface area contributed by atoms with E-state index in [1.54, 1.807) is 12.1 Å². The maximum Gasteiger partial charge on any atom is 0.204 e. The molecular weight excluding hydrogens is 369 g/mol. The summed E-state index contributed by atoms with van der Waals surface area (Å²) in [5.41, 5.74) is 1.39. The van der Waals surface area contributed by atoms with Crippen LogP contribution >= 0.6 is 23.2 Å². The number of hydrogen-bond acceptors (Lipinski definition) is 6. The van der Waals surface area contributed by atoms with E-state index in [2.05, 4.69) is 10.3 Å². The molecule has 4 atom stereocenters. The van der Waals surface area contributed by atoms with E-state index >= 15 is 0 Å². The van der Waals surface area contributed by atoms with Crippen molar-refractivity contribution in [3.05, 3.63) is 22.2 Å². The van der Waals surface area contributed by atoms with Crippen LogP contribution in [-0.2, 0) is 11.3 Å². The zero-order chi connectivity index (χ0) is 18.3. The Labute approximate surface area is 155 Å². The number of halogens is 2. The van der Waals surface area contributed by atoms with Gasteiger partial charge in [0.15, 0.2) is 0 Å². The van der Waals surface area contributed by atoms with Crippen molar-refractivity contribution in [3.63, 3.8) is 0 Å². The number of benzene rings is 1. The highest BCUT2D eigenvalue weighted by Gasteiger charge is 2.38. The number of aromatic nitrogens is 2. The van der Waals surface area contributed by atoms with Crippen LogP contribution in [0.3, 0.4) is 0 Å².